The Morgan fingerprint density at radius 2 is 1.68 bits per heavy atom. The molecule has 0 bridgehead atoms. The van der Waals surface area contributed by atoms with Gasteiger partial charge in [-0.05, 0) is 67.6 Å². The molecule has 4 rings (SSSR count). The maximum Gasteiger partial charge on any atom is 0.0239 e. The van der Waals surface area contributed by atoms with E-state index in [1.165, 1.54) is 61.7 Å². The fourth-order valence-electron chi connectivity index (χ4n) is 3.62. The summed E-state index contributed by atoms with van der Waals surface area (Å²) in [5.74, 6) is 0.994. The van der Waals surface area contributed by atoms with Gasteiger partial charge in [0.25, 0.3) is 0 Å². The molecule has 2 nitrogen and oxygen atoms in total. The number of hydrogen-bond donors (Lipinski definition) is 1. The van der Waals surface area contributed by atoms with Crippen LogP contribution in [0, 0.1) is 5.92 Å². The molecule has 0 amide bonds. The van der Waals surface area contributed by atoms with Crippen molar-refractivity contribution >= 4 is 10.8 Å². The molecule has 1 heterocycles. The number of benzene rings is 2. The number of fused-ring (bicyclic) bond motifs is 1. The Bertz CT molecular complexity index is 619. The molecule has 0 spiro atoms. The Labute approximate surface area is 133 Å². The van der Waals surface area contributed by atoms with E-state index in [-0.39, 0.29) is 0 Å². The molecule has 1 aliphatic heterocycles. The summed E-state index contributed by atoms with van der Waals surface area (Å²) in [6, 6.07) is 16.2. The molecule has 2 fully saturated rings. The van der Waals surface area contributed by atoms with E-state index >= 15 is 0 Å². The van der Waals surface area contributed by atoms with Gasteiger partial charge in [0.2, 0.25) is 0 Å². The van der Waals surface area contributed by atoms with Crippen molar-refractivity contribution in [2.24, 2.45) is 5.92 Å². The first-order chi connectivity index (χ1) is 10.9. The third-order valence-electron chi connectivity index (χ3n) is 5.25. The minimum atomic E-state index is 0.754. The third-order valence-corrected chi connectivity index (χ3v) is 5.25. The van der Waals surface area contributed by atoms with Crippen LogP contribution in [0.3, 0.4) is 0 Å². The first kappa shape index (κ1) is 14.2. The lowest BCUT2D eigenvalue weighted by Crippen LogP contribution is -2.42. The Morgan fingerprint density at radius 1 is 0.909 bits per heavy atom. The standard InChI is InChI=1S/C20H26N2/c1-2-7-20-17(4-1)5-3-6-18(20)15-22-12-10-19(11-13-22)21-14-16-8-9-16/h1-7,16,19,21H,8-15H2. The molecular formula is C20H26N2. The Hall–Kier alpha value is -1.38. The predicted octanol–water partition coefficient (Wildman–Crippen LogP) is 3.80. The van der Waals surface area contributed by atoms with Gasteiger partial charge in [-0.1, -0.05) is 42.5 Å². The lowest BCUT2D eigenvalue weighted by molar-refractivity contribution is 0.190. The molecule has 1 N–H and O–H groups in total. The predicted molar refractivity (Wildman–Crippen MR) is 93.0 cm³/mol. The second kappa shape index (κ2) is 6.39. The molecule has 22 heavy (non-hydrogen) atoms. The molecule has 2 heteroatoms. The minimum Gasteiger partial charge on any atom is -0.314 e. The van der Waals surface area contributed by atoms with Crippen molar-refractivity contribution in [2.45, 2.75) is 38.3 Å². The maximum absolute atomic E-state index is 3.77. The quantitative estimate of drug-likeness (QED) is 0.902. The SMILES string of the molecule is c1ccc2c(CN3CCC(NCC4CC4)CC3)cccc2c1. The molecule has 0 atom stereocenters. The molecule has 2 aliphatic rings. The molecule has 1 saturated carbocycles. The van der Waals surface area contributed by atoms with Crippen molar-refractivity contribution in [3.8, 4) is 0 Å². The molecule has 0 aromatic heterocycles. The van der Waals surface area contributed by atoms with E-state index in [1.807, 2.05) is 0 Å². The highest BCUT2D eigenvalue weighted by Crippen LogP contribution is 2.28. The molecule has 2 aromatic carbocycles. The van der Waals surface area contributed by atoms with Crippen molar-refractivity contribution in [3.05, 3.63) is 48.0 Å². The topological polar surface area (TPSA) is 15.3 Å². The zero-order valence-electron chi connectivity index (χ0n) is 13.3. The average Bonchev–Trinajstić information content (AvgIpc) is 3.39. The van der Waals surface area contributed by atoms with Crippen LogP contribution in [-0.2, 0) is 6.54 Å². The highest BCUT2D eigenvalue weighted by Gasteiger charge is 2.24. The molecule has 0 radical (unpaired) electrons. The molecule has 116 valence electrons. The number of hydrogen-bond acceptors (Lipinski definition) is 2. The minimum absolute atomic E-state index is 0.754. The van der Waals surface area contributed by atoms with Gasteiger partial charge in [-0.2, -0.15) is 0 Å². The van der Waals surface area contributed by atoms with Gasteiger partial charge in [0.1, 0.15) is 0 Å². The van der Waals surface area contributed by atoms with E-state index in [9.17, 15) is 0 Å². The number of nitrogens with one attached hydrogen (secondary N) is 1. The van der Waals surface area contributed by atoms with Crippen molar-refractivity contribution in [2.75, 3.05) is 19.6 Å². The monoisotopic (exact) mass is 294 g/mol. The van der Waals surface area contributed by atoms with Crippen LogP contribution in [0.4, 0.5) is 0 Å². The molecule has 0 unspecified atom stereocenters. The van der Waals surface area contributed by atoms with Crippen molar-refractivity contribution in [1.29, 1.82) is 0 Å². The first-order valence-electron chi connectivity index (χ1n) is 8.81. The van der Waals surface area contributed by atoms with Crippen LogP contribution >= 0.6 is 0 Å². The number of piperidine rings is 1. The van der Waals surface area contributed by atoms with Crippen molar-refractivity contribution in [1.82, 2.24) is 10.2 Å². The van der Waals surface area contributed by atoms with Crippen LogP contribution in [0.15, 0.2) is 42.5 Å². The van der Waals surface area contributed by atoms with Gasteiger partial charge in [0, 0.05) is 12.6 Å². The fourth-order valence-corrected chi connectivity index (χ4v) is 3.62. The van der Waals surface area contributed by atoms with Gasteiger partial charge in [0.15, 0.2) is 0 Å². The van der Waals surface area contributed by atoms with Crippen LogP contribution in [0.1, 0.15) is 31.2 Å². The summed E-state index contributed by atoms with van der Waals surface area (Å²) in [6.07, 6.45) is 5.51. The second-order valence-electron chi connectivity index (χ2n) is 7.04. The summed E-state index contributed by atoms with van der Waals surface area (Å²) in [4.78, 5) is 2.62. The summed E-state index contributed by atoms with van der Waals surface area (Å²) in [5.41, 5.74) is 1.47. The zero-order chi connectivity index (χ0) is 14.8. The maximum atomic E-state index is 3.77. The van der Waals surface area contributed by atoms with E-state index in [2.05, 4.69) is 52.7 Å². The van der Waals surface area contributed by atoms with Gasteiger partial charge in [0.05, 0.1) is 0 Å². The van der Waals surface area contributed by atoms with E-state index in [4.69, 9.17) is 0 Å². The van der Waals surface area contributed by atoms with Crippen LogP contribution < -0.4 is 5.32 Å². The number of nitrogens with zero attached hydrogens (tertiary/aromatic N) is 1. The van der Waals surface area contributed by atoms with Gasteiger partial charge in [-0.15, -0.1) is 0 Å². The van der Waals surface area contributed by atoms with Crippen LogP contribution in [0.25, 0.3) is 10.8 Å². The Morgan fingerprint density at radius 3 is 2.50 bits per heavy atom. The van der Waals surface area contributed by atoms with Crippen molar-refractivity contribution in [3.63, 3.8) is 0 Å². The Kier molecular flexibility index (Phi) is 4.13. The summed E-state index contributed by atoms with van der Waals surface area (Å²) in [6.45, 7) is 4.81. The normalized spacial score (nSPS) is 20.5. The van der Waals surface area contributed by atoms with Gasteiger partial charge >= 0.3 is 0 Å². The summed E-state index contributed by atoms with van der Waals surface area (Å²) in [5, 5.41) is 6.55. The van der Waals surface area contributed by atoms with Crippen LogP contribution in [-0.4, -0.2) is 30.6 Å². The summed E-state index contributed by atoms with van der Waals surface area (Å²) in [7, 11) is 0. The Balaban J connectivity index is 1.35. The largest absolute Gasteiger partial charge is 0.314 e. The van der Waals surface area contributed by atoms with E-state index in [1.54, 1.807) is 0 Å². The molecule has 1 saturated heterocycles. The van der Waals surface area contributed by atoms with Gasteiger partial charge < -0.3 is 5.32 Å². The fraction of sp³-hybridized carbons (Fsp3) is 0.500. The highest BCUT2D eigenvalue weighted by atomic mass is 15.1. The number of rotatable bonds is 5. The van der Waals surface area contributed by atoms with E-state index < -0.39 is 0 Å². The first-order valence-corrected chi connectivity index (χ1v) is 8.81. The summed E-state index contributed by atoms with van der Waals surface area (Å²) >= 11 is 0. The second-order valence-corrected chi connectivity index (χ2v) is 7.04. The zero-order valence-corrected chi connectivity index (χ0v) is 13.3. The average molecular weight is 294 g/mol. The lowest BCUT2D eigenvalue weighted by Gasteiger charge is -2.32. The molecule has 1 aliphatic carbocycles. The molecule has 2 aromatic rings. The summed E-state index contributed by atoms with van der Waals surface area (Å²) < 4.78 is 0. The smallest absolute Gasteiger partial charge is 0.0239 e. The third kappa shape index (κ3) is 3.34. The van der Waals surface area contributed by atoms with Crippen LogP contribution in [0.5, 0.6) is 0 Å². The number of likely N-dealkylation sites (tertiary alicyclic amines) is 1. The van der Waals surface area contributed by atoms with Crippen molar-refractivity contribution < 1.29 is 0 Å². The molecular weight excluding hydrogens is 268 g/mol. The lowest BCUT2D eigenvalue weighted by atomic mass is 10.0. The van der Waals surface area contributed by atoms with Crippen LogP contribution in [0.2, 0.25) is 0 Å². The van der Waals surface area contributed by atoms with E-state index in [0.29, 0.717) is 0 Å². The highest BCUT2D eigenvalue weighted by molar-refractivity contribution is 5.85. The van der Waals surface area contributed by atoms with E-state index in [0.717, 1.165) is 18.5 Å². The van der Waals surface area contributed by atoms with Gasteiger partial charge in [-0.3, -0.25) is 4.90 Å². The van der Waals surface area contributed by atoms with Gasteiger partial charge in [-0.25, -0.2) is 0 Å².